The Labute approximate surface area is 87.7 Å². The first-order chi connectivity index (χ1) is 6.70. The molecule has 2 amide bonds. The number of ether oxygens (including phenoxy) is 2. The van der Waals surface area contributed by atoms with E-state index in [0.717, 1.165) is 0 Å². The Balaban J connectivity index is 3.34. The summed E-state index contributed by atoms with van der Waals surface area (Å²) in [6, 6.07) is 0. The standard InChI is InChI=1S/C7H14N2O4S/c1-2-12-6(10)8-5-9-7(11)13-3-4-14/h14H,2-5H2,1H3,(H,8,10)(H,9,11). The fourth-order valence-electron chi connectivity index (χ4n) is 0.560. The van der Waals surface area contributed by atoms with Gasteiger partial charge in [-0.1, -0.05) is 0 Å². The maximum atomic E-state index is 10.8. The molecule has 2 N–H and O–H groups in total. The Morgan fingerprint density at radius 2 is 1.79 bits per heavy atom. The topological polar surface area (TPSA) is 76.7 Å². The van der Waals surface area contributed by atoms with E-state index in [2.05, 4.69) is 32.7 Å². The number of thiol groups is 1. The molecule has 0 aromatic rings. The van der Waals surface area contributed by atoms with Gasteiger partial charge >= 0.3 is 12.2 Å². The van der Waals surface area contributed by atoms with E-state index in [9.17, 15) is 9.59 Å². The van der Waals surface area contributed by atoms with Crippen molar-refractivity contribution < 1.29 is 19.1 Å². The van der Waals surface area contributed by atoms with Crippen molar-refractivity contribution in [2.45, 2.75) is 6.92 Å². The van der Waals surface area contributed by atoms with Crippen molar-refractivity contribution >= 4 is 24.8 Å². The van der Waals surface area contributed by atoms with Crippen LogP contribution in [-0.4, -0.2) is 37.8 Å². The van der Waals surface area contributed by atoms with Crippen LogP contribution in [0.3, 0.4) is 0 Å². The Bertz CT molecular complexity index is 189. The molecule has 0 atom stereocenters. The molecule has 0 fully saturated rings. The van der Waals surface area contributed by atoms with Gasteiger partial charge in [-0.05, 0) is 6.92 Å². The van der Waals surface area contributed by atoms with Gasteiger partial charge in [0.2, 0.25) is 0 Å². The van der Waals surface area contributed by atoms with Crippen molar-refractivity contribution in [1.29, 1.82) is 0 Å². The van der Waals surface area contributed by atoms with E-state index >= 15 is 0 Å². The summed E-state index contributed by atoms with van der Waals surface area (Å²) in [5.41, 5.74) is 0. The summed E-state index contributed by atoms with van der Waals surface area (Å²) >= 11 is 3.85. The van der Waals surface area contributed by atoms with Gasteiger partial charge < -0.3 is 20.1 Å². The lowest BCUT2D eigenvalue weighted by molar-refractivity contribution is 0.144. The minimum Gasteiger partial charge on any atom is -0.450 e. The molecule has 0 unspecified atom stereocenters. The Kier molecular flexibility index (Phi) is 7.81. The number of hydrogen-bond donors (Lipinski definition) is 3. The molecule has 0 rings (SSSR count). The summed E-state index contributed by atoms with van der Waals surface area (Å²) in [5.74, 6) is 0.457. The lowest BCUT2D eigenvalue weighted by Gasteiger charge is -2.07. The third-order valence-corrected chi connectivity index (χ3v) is 1.25. The fraction of sp³-hybridized carbons (Fsp3) is 0.714. The van der Waals surface area contributed by atoms with Crippen LogP contribution in [0.2, 0.25) is 0 Å². The summed E-state index contributed by atoms with van der Waals surface area (Å²) in [6.07, 6.45) is -1.18. The smallest absolute Gasteiger partial charge is 0.408 e. The molecule has 6 nitrogen and oxygen atoms in total. The highest BCUT2D eigenvalue weighted by Crippen LogP contribution is 1.79. The monoisotopic (exact) mass is 222 g/mol. The number of carbonyl (C=O) groups excluding carboxylic acids is 2. The molecule has 14 heavy (non-hydrogen) atoms. The van der Waals surface area contributed by atoms with Gasteiger partial charge in [0.05, 0.1) is 13.3 Å². The van der Waals surface area contributed by atoms with Crippen LogP contribution in [0.1, 0.15) is 6.92 Å². The third-order valence-electron chi connectivity index (χ3n) is 1.07. The van der Waals surface area contributed by atoms with Gasteiger partial charge in [-0.15, -0.1) is 0 Å². The van der Waals surface area contributed by atoms with Gasteiger partial charge in [0.1, 0.15) is 6.61 Å². The third kappa shape index (κ3) is 7.53. The van der Waals surface area contributed by atoms with Gasteiger partial charge in [0.25, 0.3) is 0 Å². The molecule has 82 valence electrons. The van der Waals surface area contributed by atoms with Crippen molar-refractivity contribution in [1.82, 2.24) is 10.6 Å². The van der Waals surface area contributed by atoms with Crippen LogP contribution in [0.5, 0.6) is 0 Å². The van der Waals surface area contributed by atoms with E-state index < -0.39 is 12.2 Å². The lowest BCUT2D eigenvalue weighted by Crippen LogP contribution is -2.37. The van der Waals surface area contributed by atoms with Gasteiger partial charge in [0.15, 0.2) is 0 Å². The van der Waals surface area contributed by atoms with Gasteiger partial charge in [-0.3, -0.25) is 0 Å². The molecule has 0 spiro atoms. The highest BCUT2D eigenvalue weighted by atomic mass is 32.1. The molecule has 0 aromatic carbocycles. The minimum atomic E-state index is -0.601. The first kappa shape index (κ1) is 12.9. The quantitative estimate of drug-likeness (QED) is 0.463. The predicted molar refractivity (Wildman–Crippen MR) is 53.4 cm³/mol. The van der Waals surface area contributed by atoms with Crippen LogP contribution in [0.15, 0.2) is 0 Å². The molecule has 0 saturated heterocycles. The van der Waals surface area contributed by atoms with Crippen LogP contribution in [0, 0.1) is 0 Å². The van der Waals surface area contributed by atoms with E-state index in [-0.39, 0.29) is 19.9 Å². The first-order valence-corrected chi connectivity index (χ1v) is 4.76. The summed E-state index contributed by atoms with van der Waals surface area (Å²) < 4.78 is 9.16. The van der Waals surface area contributed by atoms with E-state index in [1.165, 1.54) is 0 Å². The number of hydrogen-bond acceptors (Lipinski definition) is 5. The molecule has 0 aliphatic heterocycles. The summed E-state index contributed by atoms with van der Waals surface area (Å²) in [7, 11) is 0. The summed E-state index contributed by atoms with van der Waals surface area (Å²) in [4.78, 5) is 21.5. The minimum absolute atomic E-state index is 0.0236. The second-order valence-corrected chi connectivity index (χ2v) is 2.56. The zero-order chi connectivity index (χ0) is 10.8. The molecule has 0 aliphatic rings. The molecule has 0 saturated carbocycles. The summed E-state index contributed by atoms with van der Waals surface area (Å²) in [6.45, 7) is 2.18. The summed E-state index contributed by atoms with van der Waals surface area (Å²) in [5, 5.41) is 4.60. The van der Waals surface area contributed by atoms with Crippen LogP contribution in [0.25, 0.3) is 0 Å². The van der Waals surface area contributed by atoms with Gasteiger partial charge in [0, 0.05) is 5.75 Å². The second-order valence-electron chi connectivity index (χ2n) is 2.11. The average molecular weight is 222 g/mol. The van der Waals surface area contributed by atoms with Crippen LogP contribution >= 0.6 is 12.6 Å². The number of amides is 2. The highest BCUT2D eigenvalue weighted by Gasteiger charge is 2.02. The average Bonchev–Trinajstić information content (AvgIpc) is 2.15. The van der Waals surface area contributed by atoms with Gasteiger partial charge in [-0.2, -0.15) is 12.6 Å². The Hall–Kier alpha value is -1.11. The molecular weight excluding hydrogens is 208 g/mol. The molecule has 0 aromatic heterocycles. The zero-order valence-corrected chi connectivity index (χ0v) is 8.80. The molecule has 0 radical (unpaired) electrons. The fourth-order valence-corrected chi connectivity index (χ4v) is 0.651. The van der Waals surface area contributed by atoms with Crippen molar-refractivity contribution in [3.05, 3.63) is 0 Å². The predicted octanol–water partition coefficient (Wildman–Crippen LogP) is 0.346. The number of nitrogens with one attached hydrogen (secondary N) is 2. The van der Waals surface area contributed by atoms with Crippen LogP contribution in [-0.2, 0) is 9.47 Å². The largest absolute Gasteiger partial charge is 0.450 e. The van der Waals surface area contributed by atoms with E-state index in [4.69, 9.17) is 0 Å². The maximum Gasteiger partial charge on any atom is 0.408 e. The lowest BCUT2D eigenvalue weighted by atomic mass is 10.8. The molecular formula is C7H14N2O4S. The molecule has 0 heterocycles. The van der Waals surface area contributed by atoms with Crippen molar-refractivity contribution in [2.75, 3.05) is 25.6 Å². The Morgan fingerprint density at radius 1 is 1.21 bits per heavy atom. The molecule has 7 heteroatoms. The van der Waals surface area contributed by atoms with Crippen LogP contribution in [0.4, 0.5) is 9.59 Å². The first-order valence-electron chi connectivity index (χ1n) is 4.12. The van der Waals surface area contributed by atoms with Crippen molar-refractivity contribution in [2.24, 2.45) is 0 Å². The van der Waals surface area contributed by atoms with Gasteiger partial charge in [-0.25, -0.2) is 9.59 Å². The second kappa shape index (κ2) is 8.49. The van der Waals surface area contributed by atoms with E-state index in [1.54, 1.807) is 6.92 Å². The highest BCUT2D eigenvalue weighted by molar-refractivity contribution is 7.80. The van der Waals surface area contributed by atoms with Crippen molar-refractivity contribution in [3.63, 3.8) is 0 Å². The van der Waals surface area contributed by atoms with Crippen molar-refractivity contribution in [3.8, 4) is 0 Å². The SMILES string of the molecule is CCOC(=O)NCNC(=O)OCCS. The number of alkyl carbamates (subject to hydrolysis) is 2. The number of rotatable bonds is 5. The van der Waals surface area contributed by atoms with Crippen LogP contribution < -0.4 is 10.6 Å². The van der Waals surface area contributed by atoms with E-state index in [0.29, 0.717) is 5.75 Å². The zero-order valence-electron chi connectivity index (χ0n) is 7.91. The normalized spacial score (nSPS) is 9.00. The maximum absolute atomic E-state index is 10.8. The molecule has 0 bridgehead atoms. The molecule has 0 aliphatic carbocycles. The van der Waals surface area contributed by atoms with E-state index in [1.807, 2.05) is 0 Å². The number of carbonyl (C=O) groups is 2. The Morgan fingerprint density at radius 3 is 2.29 bits per heavy atom.